The van der Waals surface area contributed by atoms with Crippen LogP contribution in [0.25, 0.3) is 21.8 Å². The van der Waals surface area contributed by atoms with E-state index < -0.39 is 0 Å². The Hall–Kier alpha value is -1.89. The number of carbonyl (C=O) groups is 1. The lowest BCUT2D eigenvalue weighted by Crippen LogP contribution is -2.23. The van der Waals surface area contributed by atoms with E-state index in [1.54, 1.807) is 0 Å². The first-order valence-corrected chi connectivity index (χ1v) is 7.48. The summed E-state index contributed by atoms with van der Waals surface area (Å²) in [6.45, 7) is 1.97. The molecule has 6 heteroatoms. The number of thiol groups is 1. The number of hydrogen-bond donors (Lipinski definition) is 3. The Bertz CT molecular complexity index is 855. The van der Waals surface area contributed by atoms with Gasteiger partial charge in [-0.2, -0.15) is 0 Å². The number of fused-ring (bicyclic) bond motifs is 3. The number of carbonyl (C=O) groups excluding carboxylic acids is 1. The van der Waals surface area contributed by atoms with E-state index in [0.717, 1.165) is 33.8 Å². The second kappa shape index (κ2) is 6.91. The third-order valence-corrected chi connectivity index (χ3v) is 3.81. The van der Waals surface area contributed by atoms with Crippen molar-refractivity contribution in [2.24, 2.45) is 12.9 Å². The molecule has 114 valence electrons. The van der Waals surface area contributed by atoms with E-state index >= 15 is 0 Å². The van der Waals surface area contributed by atoms with Gasteiger partial charge in [0, 0.05) is 28.9 Å². The molecular weight excluding hydrogens is 314 g/mol. The fraction of sp³-hybridized carbons (Fsp3) is 0.125. The Kier molecular flexibility index (Phi) is 5.18. The van der Waals surface area contributed by atoms with E-state index in [9.17, 15) is 4.79 Å². The van der Waals surface area contributed by atoms with E-state index in [-0.39, 0.29) is 0 Å². The highest BCUT2D eigenvalue weighted by Crippen LogP contribution is 2.30. The Morgan fingerprint density at radius 3 is 2.50 bits per heavy atom. The molecule has 0 saturated carbocycles. The minimum atomic E-state index is 0.310. The van der Waals surface area contributed by atoms with Gasteiger partial charge in [0.15, 0.2) is 6.29 Å². The molecule has 3 aromatic rings. The number of para-hydroxylation sites is 1. The van der Waals surface area contributed by atoms with Crippen LogP contribution < -0.4 is 11.3 Å². The summed E-state index contributed by atoms with van der Waals surface area (Å²) in [6, 6.07) is 12.3. The molecule has 1 aromatic heterocycles. The molecule has 0 atom stereocenters. The SMILES string of the molecule is Cc1ccc2c3ccccc3n(C)c2c1C=O.NNC(=S)S. The van der Waals surface area contributed by atoms with E-state index in [1.807, 2.05) is 32.2 Å². The van der Waals surface area contributed by atoms with Crippen molar-refractivity contribution in [3.8, 4) is 0 Å². The van der Waals surface area contributed by atoms with Crippen LogP contribution in [-0.4, -0.2) is 15.2 Å². The first-order chi connectivity index (χ1) is 10.5. The third-order valence-electron chi connectivity index (χ3n) is 3.57. The number of aryl methyl sites for hydroxylation is 2. The summed E-state index contributed by atoms with van der Waals surface area (Å²) >= 11 is 7.92. The Balaban J connectivity index is 0.000000309. The van der Waals surface area contributed by atoms with Crippen molar-refractivity contribution in [2.75, 3.05) is 0 Å². The molecule has 4 nitrogen and oxygen atoms in total. The molecule has 1 heterocycles. The second-order valence-corrected chi connectivity index (χ2v) is 5.99. The summed E-state index contributed by atoms with van der Waals surface area (Å²) in [6.07, 6.45) is 0.955. The van der Waals surface area contributed by atoms with Crippen LogP contribution in [-0.2, 0) is 7.05 Å². The normalized spacial score (nSPS) is 10.2. The lowest BCUT2D eigenvalue weighted by atomic mass is 10.0. The number of nitrogens with two attached hydrogens (primary N) is 1. The maximum absolute atomic E-state index is 11.3. The highest BCUT2D eigenvalue weighted by Gasteiger charge is 2.12. The van der Waals surface area contributed by atoms with Crippen molar-refractivity contribution in [3.63, 3.8) is 0 Å². The lowest BCUT2D eigenvalue weighted by Gasteiger charge is -2.03. The summed E-state index contributed by atoms with van der Waals surface area (Å²) < 4.78 is 2.41. The number of aldehydes is 1. The topological polar surface area (TPSA) is 60.0 Å². The summed E-state index contributed by atoms with van der Waals surface area (Å²) in [5, 5.41) is 2.35. The molecule has 22 heavy (non-hydrogen) atoms. The van der Waals surface area contributed by atoms with Gasteiger partial charge >= 0.3 is 0 Å². The van der Waals surface area contributed by atoms with Crippen molar-refractivity contribution in [1.29, 1.82) is 0 Å². The lowest BCUT2D eigenvalue weighted by molar-refractivity contribution is 0.112. The van der Waals surface area contributed by atoms with Crippen molar-refractivity contribution in [3.05, 3.63) is 47.5 Å². The number of thiocarbonyl (C=S) groups is 1. The Morgan fingerprint density at radius 2 is 1.91 bits per heavy atom. The van der Waals surface area contributed by atoms with Gasteiger partial charge in [-0.1, -0.05) is 42.5 Å². The van der Waals surface area contributed by atoms with Gasteiger partial charge in [-0.25, -0.2) is 5.84 Å². The van der Waals surface area contributed by atoms with Crippen LogP contribution in [0.5, 0.6) is 0 Å². The smallest absolute Gasteiger partial charge is 0.152 e. The molecule has 0 radical (unpaired) electrons. The maximum atomic E-state index is 11.3. The average Bonchev–Trinajstić information content (AvgIpc) is 2.81. The quantitative estimate of drug-likeness (QED) is 0.211. The van der Waals surface area contributed by atoms with Crippen molar-refractivity contribution in [2.45, 2.75) is 6.92 Å². The van der Waals surface area contributed by atoms with Crippen LogP contribution >= 0.6 is 24.8 Å². The van der Waals surface area contributed by atoms with Crippen molar-refractivity contribution in [1.82, 2.24) is 9.99 Å². The van der Waals surface area contributed by atoms with E-state index in [0.29, 0.717) is 4.32 Å². The highest BCUT2D eigenvalue weighted by molar-refractivity contribution is 8.11. The number of hydrogen-bond acceptors (Lipinski definition) is 3. The number of benzene rings is 2. The molecule has 3 N–H and O–H groups in total. The van der Waals surface area contributed by atoms with Gasteiger partial charge in [0.1, 0.15) is 4.32 Å². The molecular formula is C16H17N3OS2. The van der Waals surface area contributed by atoms with Crippen LogP contribution in [0.4, 0.5) is 0 Å². The largest absolute Gasteiger partial charge is 0.343 e. The predicted octanol–water partition coefficient (Wildman–Crippen LogP) is 3.12. The number of aromatic nitrogens is 1. The average molecular weight is 331 g/mol. The van der Waals surface area contributed by atoms with Gasteiger partial charge < -0.3 is 9.99 Å². The minimum absolute atomic E-state index is 0.310. The van der Waals surface area contributed by atoms with Crippen molar-refractivity contribution < 1.29 is 4.79 Å². The van der Waals surface area contributed by atoms with Crippen LogP contribution in [0.3, 0.4) is 0 Å². The zero-order valence-electron chi connectivity index (χ0n) is 12.3. The van der Waals surface area contributed by atoms with Gasteiger partial charge in [-0.3, -0.25) is 4.79 Å². The maximum Gasteiger partial charge on any atom is 0.152 e. The van der Waals surface area contributed by atoms with Gasteiger partial charge in [0.05, 0.1) is 5.52 Å². The molecule has 0 spiro atoms. The van der Waals surface area contributed by atoms with Crippen LogP contribution in [0, 0.1) is 6.92 Å². The molecule has 0 aliphatic carbocycles. The fourth-order valence-corrected chi connectivity index (χ4v) is 2.55. The summed E-state index contributed by atoms with van der Waals surface area (Å²) in [5.74, 6) is 4.70. The highest BCUT2D eigenvalue weighted by atomic mass is 32.1. The van der Waals surface area contributed by atoms with Gasteiger partial charge in [-0.05, 0) is 18.6 Å². The Morgan fingerprint density at radius 1 is 1.27 bits per heavy atom. The van der Waals surface area contributed by atoms with E-state index in [2.05, 4.69) is 53.0 Å². The minimum Gasteiger partial charge on any atom is -0.343 e. The third kappa shape index (κ3) is 2.99. The van der Waals surface area contributed by atoms with Crippen LogP contribution in [0.1, 0.15) is 15.9 Å². The molecule has 0 saturated heterocycles. The molecule has 0 aliphatic rings. The molecule has 0 aliphatic heterocycles. The zero-order valence-corrected chi connectivity index (χ0v) is 14.0. The first-order valence-electron chi connectivity index (χ1n) is 6.62. The van der Waals surface area contributed by atoms with Gasteiger partial charge in [-0.15, -0.1) is 12.6 Å². The monoisotopic (exact) mass is 331 g/mol. The number of rotatable bonds is 1. The summed E-state index contributed by atoms with van der Waals surface area (Å²) in [7, 11) is 2.01. The number of nitrogens with one attached hydrogen (secondary N) is 1. The zero-order chi connectivity index (χ0) is 16.3. The summed E-state index contributed by atoms with van der Waals surface area (Å²) in [5.41, 5.74) is 6.13. The van der Waals surface area contributed by atoms with Gasteiger partial charge in [0.2, 0.25) is 0 Å². The van der Waals surface area contributed by atoms with E-state index in [4.69, 9.17) is 5.84 Å². The molecule has 0 unspecified atom stereocenters. The molecule has 0 amide bonds. The summed E-state index contributed by atoms with van der Waals surface area (Å²) in [4.78, 5) is 11.3. The fourth-order valence-electron chi connectivity index (χ4n) is 2.55. The van der Waals surface area contributed by atoms with Crippen molar-refractivity contribution >= 4 is 57.3 Å². The molecule has 0 bridgehead atoms. The van der Waals surface area contributed by atoms with E-state index in [1.165, 1.54) is 5.39 Å². The number of hydrazine groups is 1. The first kappa shape index (κ1) is 16.5. The predicted molar refractivity (Wildman–Crippen MR) is 99.5 cm³/mol. The molecule has 3 rings (SSSR count). The van der Waals surface area contributed by atoms with Gasteiger partial charge in [0.25, 0.3) is 0 Å². The van der Waals surface area contributed by atoms with Crippen LogP contribution in [0.15, 0.2) is 36.4 Å². The molecule has 0 fully saturated rings. The standard InChI is InChI=1S/C15H13NO.CH4N2S2/c1-10-7-8-12-11-5-3-4-6-14(11)16(2)15(12)13(10)9-17;2-3-1(4)5/h3-9H,1-2H3;2H2,(H2,3,4,5). The molecule has 2 aromatic carbocycles. The number of nitrogens with zero attached hydrogens (tertiary/aromatic N) is 1. The Labute approximate surface area is 139 Å². The van der Waals surface area contributed by atoms with Crippen LogP contribution in [0.2, 0.25) is 0 Å². The second-order valence-electron chi connectivity index (χ2n) is 4.84.